The number of hydrogen-bond donors (Lipinski definition) is 1. The molecule has 1 heterocycles. The van der Waals surface area contributed by atoms with Crippen molar-refractivity contribution in [1.82, 2.24) is 10.2 Å². The molecular weight excluding hydrogens is 264 g/mol. The number of methoxy groups -OCH3 is 2. The molecule has 2 aliphatic rings. The minimum absolute atomic E-state index is 0.273. The molecule has 3 atom stereocenters. The number of benzene rings is 1. The predicted octanol–water partition coefficient (Wildman–Crippen LogP) is 2.45. The lowest BCUT2D eigenvalue weighted by Gasteiger charge is -2.31. The van der Waals surface area contributed by atoms with Gasteiger partial charge in [0.25, 0.3) is 0 Å². The molecule has 3 rings (SSSR count). The maximum Gasteiger partial charge on any atom is 0.123 e. The summed E-state index contributed by atoms with van der Waals surface area (Å²) in [7, 11) is 5.47. The van der Waals surface area contributed by atoms with Crippen molar-refractivity contribution in [3.8, 4) is 11.5 Å². The second-order valence-corrected chi connectivity index (χ2v) is 6.24. The van der Waals surface area contributed by atoms with Crippen LogP contribution in [0.3, 0.4) is 0 Å². The van der Waals surface area contributed by atoms with Crippen molar-refractivity contribution in [3.63, 3.8) is 0 Å². The average Bonchev–Trinajstić information content (AvgIpc) is 3.14. The zero-order valence-electron chi connectivity index (χ0n) is 13.3. The van der Waals surface area contributed by atoms with E-state index in [1.807, 2.05) is 19.2 Å². The van der Waals surface area contributed by atoms with Crippen LogP contribution < -0.4 is 14.8 Å². The van der Waals surface area contributed by atoms with E-state index in [4.69, 9.17) is 9.47 Å². The molecule has 1 aliphatic heterocycles. The maximum absolute atomic E-state index is 5.54. The first-order valence-electron chi connectivity index (χ1n) is 7.88. The smallest absolute Gasteiger partial charge is 0.123 e. The van der Waals surface area contributed by atoms with Crippen molar-refractivity contribution in [2.75, 3.05) is 34.4 Å². The van der Waals surface area contributed by atoms with Gasteiger partial charge in [0, 0.05) is 30.7 Å². The van der Waals surface area contributed by atoms with E-state index in [1.165, 1.54) is 31.4 Å². The molecule has 2 bridgehead atoms. The molecule has 2 fully saturated rings. The number of rotatable bonds is 6. The lowest BCUT2D eigenvalue weighted by molar-refractivity contribution is 0.192. The third-order valence-corrected chi connectivity index (χ3v) is 5.10. The molecule has 1 aromatic rings. The highest BCUT2D eigenvalue weighted by Gasteiger charge is 2.38. The molecule has 1 saturated heterocycles. The fourth-order valence-electron chi connectivity index (χ4n) is 3.94. The lowest BCUT2D eigenvalue weighted by Crippen LogP contribution is -2.38. The summed E-state index contributed by atoms with van der Waals surface area (Å²) < 4.78 is 10.9. The van der Waals surface area contributed by atoms with Gasteiger partial charge in [-0.25, -0.2) is 0 Å². The van der Waals surface area contributed by atoms with Crippen molar-refractivity contribution in [2.24, 2.45) is 5.92 Å². The van der Waals surface area contributed by atoms with Gasteiger partial charge in [-0.05, 0) is 50.4 Å². The molecule has 4 nitrogen and oxygen atoms in total. The highest BCUT2D eigenvalue weighted by molar-refractivity contribution is 5.42. The maximum atomic E-state index is 5.54. The van der Waals surface area contributed by atoms with Crippen molar-refractivity contribution in [1.29, 1.82) is 0 Å². The summed E-state index contributed by atoms with van der Waals surface area (Å²) in [6.45, 7) is 2.30. The van der Waals surface area contributed by atoms with Crippen LogP contribution in [0.1, 0.15) is 30.9 Å². The highest BCUT2D eigenvalue weighted by Crippen LogP contribution is 2.39. The van der Waals surface area contributed by atoms with Crippen molar-refractivity contribution in [2.45, 2.75) is 31.3 Å². The van der Waals surface area contributed by atoms with E-state index in [2.05, 4.69) is 16.3 Å². The average molecular weight is 290 g/mol. The highest BCUT2D eigenvalue weighted by atomic mass is 16.5. The fourth-order valence-corrected chi connectivity index (χ4v) is 3.94. The molecule has 0 amide bonds. The van der Waals surface area contributed by atoms with Crippen LogP contribution in [0.2, 0.25) is 0 Å². The fraction of sp³-hybridized carbons (Fsp3) is 0.647. The monoisotopic (exact) mass is 290 g/mol. The zero-order valence-corrected chi connectivity index (χ0v) is 13.3. The van der Waals surface area contributed by atoms with Gasteiger partial charge >= 0.3 is 0 Å². The molecule has 1 N–H and O–H groups in total. The molecule has 0 aromatic heterocycles. The second-order valence-electron chi connectivity index (χ2n) is 6.24. The summed E-state index contributed by atoms with van der Waals surface area (Å²) in [5.74, 6) is 2.74. The van der Waals surface area contributed by atoms with Gasteiger partial charge in [-0.3, -0.25) is 4.90 Å². The first-order valence-corrected chi connectivity index (χ1v) is 7.88. The van der Waals surface area contributed by atoms with Gasteiger partial charge in [0.2, 0.25) is 0 Å². The van der Waals surface area contributed by atoms with Gasteiger partial charge < -0.3 is 14.8 Å². The standard InChI is InChI=1S/C17H26N2O2/c1-18-16(11-19-10-12-4-5-13(19)8-12)15-9-14(20-2)6-7-17(15)21-3/h6-7,9,12-13,16,18H,4-5,8,10-11H2,1-3H3. The third-order valence-electron chi connectivity index (χ3n) is 5.10. The Kier molecular flexibility index (Phi) is 4.36. The van der Waals surface area contributed by atoms with Crippen molar-refractivity contribution < 1.29 is 9.47 Å². The van der Waals surface area contributed by atoms with E-state index in [-0.39, 0.29) is 6.04 Å². The predicted molar refractivity (Wildman–Crippen MR) is 84.0 cm³/mol. The SMILES string of the molecule is CNC(CN1CC2CCC1C2)c1cc(OC)ccc1OC. The van der Waals surface area contributed by atoms with Gasteiger partial charge in [-0.1, -0.05) is 0 Å². The van der Waals surface area contributed by atoms with E-state index >= 15 is 0 Å². The van der Waals surface area contributed by atoms with Gasteiger partial charge in [-0.15, -0.1) is 0 Å². The number of likely N-dealkylation sites (tertiary alicyclic amines) is 1. The van der Waals surface area contributed by atoms with Crippen molar-refractivity contribution in [3.05, 3.63) is 23.8 Å². The van der Waals surface area contributed by atoms with E-state index < -0.39 is 0 Å². The summed E-state index contributed by atoms with van der Waals surface area (Å²) in [6.07, 6.45) is 4.19. The van der Waals surface area contributed by atoms with E-state index in [0.29, 0.717) is 0 Å². The Hall–Kier alpha value is -1.26. The first-order chi connectivity index (χ1) is 10.2. The van der Waals surface area contributed by atoms with E-state index in [0.717, 1.165) is 30.0 Å². The van der Waals surface area contributed by atoms with E-state index in [9.17, 15) is 0 Å². The Morgan fingerprint density at radius 2 is 2.14 bits per heavy atom. The Morgan fingerprint density at radius 3 is 2.71 bits per heavy atom. The Balaban J connectivity index is 1.79. The molecule has 1 aliphatic carbocycles. The number of nitrogens with one attached hydrogen (secondary N) is 1. The number of likely N-dealkylation sites (N-methyl/N-ethyl adjacent to an activating group) is 1. The van der Waals surface area contributed by atoms with Crippen LogP contribution in [-0.4, -0.2) is 45.3 Å². The van der Waals surface area contributed by atoms with Crippen LogP contribution in [-0.2, 0) is 0 Å². The molecular formula is C17H26N2O2. The van der Waals surface area contributed by atoms with E-state index in [1.54, 1.807) is 14.2 Å². The summed E-state index contributed by atoms with van der Waals surface area (Å²) in [5.41, 5.74) is 1.18. The van der Waals surface area contributed by atoms with Crippen LogP contribution in [0, 0.1) is 5.92 Å². The Morgan fingerprint density at radius 1 is 1.29 bits per heavy atom. The van der Waals surface area contributed by atoms with Crippen LogP contribution in [0.4, 0.5) is 0 Å². The number of piperidine rings is 1. The molecule has 1 aromatic carbocycles. The third kappa shape index (κ3) is 2.87. The minimum Gasteiger partial charge on any atom is -0.497 e. The van der Waals surface area contributed by atoms with Gasteiger partial charge in [0.1, 0.15) is 11.5 Å². The molecule has 3 unspecified atom stereocenters. The summed E-state index contributed by atoms with van der Waals surface area (Å²) in [6, 6.07) is 7.10. The van der Waals surface area contributed by atoms with Gasteiger partial charge in [-0.2, -0.15) is 0 Å². The largest absolute Gasteiger partial charge is 0.497 e. The zero-order chi connectivity index (χ0) is 14.8. The normalized spacial score (nSPS) is 26.0. The van der Waals surface area contributed by atoms with Gasteiger partial charge in [0.15, 0.2) is 0 Å². The summed E-state index contributed by atoms with van der Waals surface area (Å²) >= 11 is 0. The number of hydrogen-bond acceptors (Lipinski definition) is 4. The quantitative estimate of drug-likeness (QED) is 0.872. The number of fused-ring (bicyclic) bond motifs is 2. The van der Waals surface area contributed by atoms with Crippen LogP contribution in [0.25, 0.3) is 0 Å². The van der Waals surface area contributed by atoms with Crippen LogP contribution >= 0.6 is 0 Å². The van der Waals surface area contributed by atoms with Crippen molar-refractivity contribution >= 4 is 0 Å². The van der Waals surface area contributed by atoms with Crippen LogP contribution in [0.15, 0.2) is 18.2 Å². The Bertz CT molecular complexity index is 492. The summed E-state index contributed by atoms with van der Waals surface area (Å²) in [5, 5.41) is 3.45. The molecule has 21 heavy (non-hydrogen) atoms. The van der Waals surface area contributed by atoms with Crippen LogP contribution in [0.5, 0.6) is 11.5 Å². The molecule has 4 heteroatoms. The Labute approximate surface area is 127 Å². The molecule has 0 spiro atoms. The number of nitrogens with zero attached hydrogens (tertiary/aromatic N) is 1. The molecule has 116 valence electrons. The summed E-state index contributed by atoms with van der Waals surface area (Å²) in [4.78, 5) is 2.65. The second kappa shape index (κ2) is 6.24. The number of ether oxygens (including phenoxy) is 2. The topological polar surface area (TPSA) is 33.7 Å². The minimum atomic E-state index is 0.273. The molecule has 1 saturated carbocycles. The molecule has 0 radical (unpaired) electrons. The first kappa shape index (κ1) is 14.7. The van der Waals surface area contributed by atoms with Gasteiger partial charge in [0.05, 0.1) is 14.2 Å². The lowest BCUT2D eigenvalue weighted by atomic mass is 10.0.